The van der Waals surface area contributed by atoms with Crippen LogP contribution in [0.5, 0.6) is 5.75 Å². The Balaban J connectivity index is 1.53. The topological polar surface area (TPSA) is 112 Å². The Labute approximate surface area is 206 Å². The third-order valence-corrected chi connectivity index (χ3v) is 5.62. The van der Waals surface area contributed by atoms with E-state index in [9.17, 15) is 9.59 Å². The minimum absolute atomic E-state index is 0.120. The van der Waals surface area contributed by atoms with Crippen molar-refractivity contribution in [3.63, 3.8) is 0 Å². The minimum atomic E-state index is -0.422. The van der Waals surface area contributed by atoms with Gasteiger partial charge in [-0.3, -0.25) is 4.79 Å². The molecule has 33 heavy (non-hydrogen) atoms. The number of carbonyl (C=O) groups is 1. The molecule has 11 heteroatoms. The molecule has 0 radical (unpaired) electrons. The number of aromatic amines is 1. The maximum absolute atomic E-state index is 12.1. The van der Waals surface area contributed by atoms with E-state index in [4.69, 9.17) is 18.9 Å². The van der Waals surface area contributed by atoms with Gasteiger partial charge < -0.3 is 29.2 Å². The van der Waals surface area contributed by atoms with Crippen molar-refractivity contribution in [3.8, 4) is 5.75 Å². The number of benzene rings is 1. The highest BCUT2D eigenvalue weighted by Crippen LogP contribution is 2.17. The Hall–Kier alpha value is -1.92. The summed E-state index contributed by atoms with van der Waals surface area (Å²) in [5.74, 6) is 0.823. The molecule has 0 spiro atoms. The second-order valence-corrected chi connectivity index (χ2v) is 8.56. The van der Waals surface area contributed by atoms with Crippen LogP contribution < -0.4 is 15.7 Å². The van der Waals surface area contributed by atoms with Gasteiger partial charge in [0.25, 0.3) is 0 Å². The number of aromatic nitrogens is 2. The van der Waals surface area contributed by atoms with Crippen LogP contribution in [-0.4, -0.2) is 73.2 Å². The molecule has 182 valence electrons. The lowest BCUT2D eigenvalue weighted by Gasteiger charge is -2.09. The van der Waals surface area contributed by atoms with Crippen LogP contribution >= 0.6 is 27.7 Å². The number of ether oxygens (including phenoxy) is 4. The average Bonchev–Trinajstić information content (AvgIpc) is 2.82. The summed E-state index contributed by atoms with van der Waals surface area (Å²) in [6.07, 6.45) is 1.49. The van der Waals surface area contributed by atoms with Gasteiger partial charge in [-0.25, -0.2) is 9.78 Å². The van der Waals surface area contributed by atoms with Gasteiger partial charge in [-0.15, -0.1) is 0 Å². The predicted octanol–water partition coefficient (Wildman–Crippen LogP) is 2.31. The molecule has 1 heterocycles. The fraction of sp³-hybridized carbons (Fsp3) is 0.500. The number of hydrogen-bond donors (Lipinski definition) is 2. The summed E-state index contributed by atoms with van der Waals surface area (Å²) >= 11 is 4.57. The predicted molar refractivity (Wildman–Crippen MR) is 130 cm³/mol. The maximum atomic E-state index is 12.1. The van der Waals surface area contributed by atoms with Crippen molar-refractivity contribution in [2.75, 3.05) is 57.3 Å². The zero-order chi connectivity index (χ0) is 23.7. The Morgan fingerprint density at radius 3 is 2.33 bits per heavy atom. The van der Waals surface area contributed by atoms with Crippen LogP contribution in [0.2, 0.25) is 0 Å². The van der Waals surface area contributed by atoms with Crippen LogP contribution in [0.4, 0.5) is 0 Å². The van der Waals surface area contributed by atoms with Crippen LogP contribution in [-0.2, 0) is 25.5 Å². The Morgan fingerprint density at radius 2 is 1.67 bits per heavy atom. The van der Waals surface area contributed by atoms with E-state index in [0.29, 0.717) is 57.8 Å². The van der Waals surface area contributed by atoms with Crippen LogP contribution in [0.3, 0.4) is 0 Å². The smallest absolute Gasteiger partial charge is 0.345 e. The summed E-state index contributed by atoms with van der Waals surface area (Å²) in [6, 6.07) is 7.52. The fourth-order valence-corrected chi connectivity index (χ4v) is 3.55. The summed E-state index contributed by atoms with van der Waals surface area (Å²) < 4.78 is 21.8. The molecule has 0 atom stereocenters. The second-order valence-electron chi connectivity index (χ2n) is 6.78. The summed E-state index contributed by atoms with van der Waals surface area (Å²) in [4.78, 5) is 29.7. The van der Waals surface area contributed by atoms with Crippen molar-refractivity contribution in [2.24, 2.45) is 0 Å². The van der Waals surface area contributed by atoms with Crippen molar-refractivity contribution < 1.29 is 23.7 Å². The van der Waals surface area contributed by atoms with Gasteiger partial charge in [0, 0.05) is 18.1 Å². The highest BCUT2D eigenvalue weighted by Gasteiger charge is 2.06. The quantitative estimate of drug-likeness (QED) is 0.135. The molecule has 1 amide bonds. The van der Waals surface area contributed by atoms with Gasteiger partial charge in [-0.2, -0.15) is 0 Å². The number of H-pyrrole nitrogens is 1. The lowest BCUT2D eigenvalue weighted by Crippen LogP contribution is -2.24. The lowest BCUT2D eigenvalue weighted by molar-refractivity contribution is -0.118. The van der Waals surface area contributed by atoms with Gasteiger partial charge in [0.15, 0.2) is 0 Å². The van der Waals surface area contributed by atoms with E-state index in [-0.39, 0.29) is 11.7 Å². The molecular formula is C22H30BrN3O6S. The van der Waals surface area contributed by atoms with Gasteiger partial charge in [0.2, 0.25) is 5.91 Å². The molecule has 2 rings (SSSR count). The van der Waals surface area contributed by atoms with E-state index >= 15 is 0 Å². The molecule has 0 fully saturated rings. The zero-order valence-electron chi connectivity index (χ0n) is 18.6. The molecule has 9 nitrogen and oxygen atoms in total. The lowest BCUT2D eigenvalue weighted by atomic mass is 10.2. The second kappa shape index (κ2) is 16.7. The third kappa shape index (κ3) is 12.2. The Morgan fingerprint density at radius 1 is 1.03 bits per heavy atom. The van der Waals surface area contributed by atoms with E-state index in [0.717, 1.165) is 22.2 Å². The van der Waals surface area contributed by atoms with Gasteiger partial charge in [0.05, 0.1) is 50.4 Å². The zero-order valence-corrected chi connectivity index (χ0v) is 21.0. The summed E-state index contributed by atoms with van der Waals surface area (Å²) in [5.41, 5.74) is 1.37. The monoisotopic (exact) mass is 543 g/mol. The molecule has 0 aliphatic rings. The van der Waals surface area contributed by atoms with Crippen molar-refractivity contribution in [1.82, 2.24) is 15.3 Å². The van der Waals surface area contributed by atoms with Gasteiger partial charge >= 0.3 is 5.69 Å². The number of carbonyl (C=O) groups excluding carboxylic acids is 1. The molecule has 2 N–H and O–H groups in total. The first-order valence-corrected chi connectivity index (χ1v) is 12.7. The number of amides is 1. The van der Waals surface area contributed by atoms with E-state index in [1.54, 1.807) is 0 Å². The molecular weight excluding hydrogens is 514 g/mol. The van der Waals surface area contributed by atoms with Gasteiger partial charge in [-0.05, 0) is 30.2 Å². The van der Waals surface area contributed by atoms with Gasteiger partial charge in [0.1, 0.15) is 12.4 Å². The SMILES string of the molecule is Cc1cnc(=O)[nH]c1SCC(=O)NCc1ccc(OCCOCCOCCOCCBr)cc1. The standard InChI is InChI=1S/C22H30BrN3O6S/c1-17-14-25-22(28)26-21(17)33-16-20(27)24-15-18-2-4-19(5-3-18)32-13-12-31-11-10-30-9-8-29-7-6-23/h2-5,14H,6-13,15-16H2,1H3,(H,24,27)(H,25,26,28). The molecule has 1 aromatic carbocycles. The normalized spacial score (nSPS) is 10.8. The van der Waals surface area contributed by atoms with E-state index < -0.39 is 5.69 Å². The molecule has 0 saturated carbocycles. The number of thioether (sulfide) groups is 1. The number of halogens is 1. The van der Waals surface area contributed by atoms with E-state index in [2.05, 4.69) is 31.2 Å². The summed E-state index contributed by atoms with van der Waals surface area (Å²) in [7, 11) is 0. The number of nitrogens with one attached hydrogen (secondary N) is 2. The highest BCUT2D eigenvalue weighted by molar-refractivity contribution is 9.09. The molecule has 0 unspecified atom stereocenters. The van der Waals surface area contributed by atoms with Crippen LogP contribution in [0.1, 0.15) is 11.1 Å². The number of hydrogen-bond acceptors (Lipinski definition) is 8. The Kier molecular flexibility index (Phi) is 13.8. The minimum Gasteiger partial charge on any atom is -0.491 e. The average molecular weight is 544 g/mol. The first-order chi connectivity index (χ1) is 16.1. The van der Waals surface area contributed by atoms with Crippen molar-refractivity contribution in [1.29, 1.82) is 0 Å². The van der Waals surface area contributed by atoms with Crippen molar-refractivity contribution in [3.05, 3.63) is 52.1 Å². The molecule has 1 aromatic heterocycles. The maximum Gasteiger partial charge on any atom is 0.345 e. The van der Waals surface area contributed by atoms with Crippen molar-refractivity contribution >= 4 is 33.6 Å². The van der Waals surface area contributed by atoms with Gasteiger partial charge in [-0.1, -0.05) is 39.8 Å². The summed E-state index contributed by atoms with van der Waals surface area (Å²) in [6.45, 7) is 6.02. The number of aryl methyl sites for hydroxylation is 1. The van der Waals surface area contributed by atoms with E-state index in [1.165, 1.54) is 18.0 Å². The number of nitrogens with zero attached hydrogens (tertiary/aromatic N) is 1. The largest absolute Gasteiger partial charge is 0.491 e. The molecule has 2 aromatic rings. The first-order valence-electron chi connectivity index (χ1n) is 10.5. The molecule has 0 aliphatic carbocycles. The molecule has 0 aliphatic heterocycles. The number of alkyl halides is 1. The first kappa shape index (κ1) is 27.3. The third-order valence-electron chi connectivity index (χ3n) is 4.18. The molecule has 0 bridgehead atoms. The summed E-state index contributed by atoms with van der Waals surface area (Å²) in [5, 5.41) is 4.34. The number of rotatable bonds is 17. The Bertz CT molecular complexity index is 881. The fourth-order valence-electron chi connectivity index (χ4n) is 2.50. The van der Waals surface area contributed by atoms with E-state index in [1.807, 2.05) is 31.2 Å². The highest BCUT2D eigenvalue weighted by atomic mass is 79.9. The van der Waals surface area contributed by atoms with Crippen LogP contribution in [0.15, 0.2) is 40.3 Å². The van der Waals surface area contributed by atoms with Crippen molar-refractivity contribution in [2.45, 2.75) is 18.5 Å². The van der Waals surface area contributed by atoms with Crippen LogP contribution in [0.25, 0.3) is 0 Å². The molecule has 0 saturated heterocycles. The van der Waals surface area contributed by atoms with Crippen LogP contribution in [0, 0.1) is 6.92 Å².